The molecular weight excluding hydrogens is 252 g/mol. The normalized spacial score (nSPS) is 15.8. The van der Waals surface area contributed by atoms with Gasteiger partial charge in [-0.3, -0.25) is 0 Å². The maximum Gasteiger partial charge on any atom is 0.0991 e. The minimum atomic E-state index is -0.532. The highest BCUT2D eigenvalue weighted by Crippen LogP contribution is 2.28. The number of aliphatic hydroxyl groups is 1. The first-order valence-corrected chi connectivity index (χ1v) is 7.26. The van der Waals surface area contributed by atoms with Crippen LogP contribution >= 0.6 is 0 Å². The maximum absolute atomic E-state index is 9.99. The van der Waals surface area contributed by atoms with Gasteiger partial charge in [-0.05, 0) is 49.4 Å². The number of nitrogens with zero attached hydrogens (tertiary/aromatic N) is 1. The summed E-state index contributed by atoms with van der Waals surface area (Å²) in [6.07, 6.45) is 3.09. The Balaban J connectivity index is 1.54. The molecule has 1 aliphatic carbocycles. The summed E-state index contributed by atoms with van der Waals surface area (Å²) in [7, 11) is 0. The second-order valence-electron chi connectivity index (χ2n) is 5.33. The van der Waals surface area contributed by atoms with E-state index in [2.05, 4.69) is 11.4 Å². The molecule has 2 rings (SSSR count). The van der Waals surface area contributed by atoms with Crippen LogP contribution in [-0.2, 0) is 4.74 Å². The molecule has 4 nitrogen and oxygen atoms in total. The van der Waals surface area contributed by atoms with Crippen molar-refractivity contribution in [2.45, 2.75) is 25.4 Å². The van der Waals surface area contributed by atoms with Crippen LogP contribution in [0.3, 0.4) is 0 Å². The lowest BCUT2D eigenvalue weighted by molar-refractivity contribution is 0.120. The Morgan fingerprint density at radius 2 is 2.10 bits per heavy atom. The Bertz CT molecular complexity index is 435. The number of ether oxygens (including phenoxy) is 1. The Hall–Kier alpha value is -1.41. The number of nitrogens with one attached hydrogen (secondary N) is 1. The van der Waals surface area contributed by atoms with Gasteiger partial charge in [0.05, 0.1) is 17.7 Å². The van der Waals surface area contributed by atoms with Crippen LogP contribution in [0, 0.1) is 17.2 Å². The topological polar surface area (TPSA) is 65.3 Å². The first kappa shape index (κ1) is 15.0. The summed E-state index contributed by atoms with van der Waals surface area (Å²) >= 11 is 0. The smallest absolute Gasteiger partial charge is 0.0991 e. The van der Waals surface area contributed by atoms with Crippen molar-refractivity contribution in [1.29, 1.82) is 5.26 Å². The van der Waals surface area contributed by atoms with Crippen molar-refractivity contribution in [2.75, 3.05) is 26.3 Å². The summed E-state index contributed by atoms with van der Waals surface area (Å²) in [6.45, 7) is 3.07. The molecular formula is C16H22N2O2. The summed E-state index contributed by atoms with van der Waals surface area (Å²) in [5.41, 5.74) is 1.45. The molecule has 0 spiro atoms. The molecule has 108 valence electrons. The Labute approximate surface area is 120 Å². The van der Waals surface area contributed by atoms with Crippen LogP contribution in [0.4, 0.5) is 0 Å². The quantitative estimate of drug-likeness (QED) is 0.676. The van der Waals surface area contributed by atoms with E-state index in [1.807, 2.05) is 0 Å². The fourth-order valence-electron chi connectivity index (χ4n) is 1.97. The van der Waals surface area contributed by atoms with Crippen molar-refractivity contribution < 1.29 is 9.84 Å². The van der Waals surface area contributed by atoms with Crippen molar-refractivity contribution in [3.63, 3.8) is 0 Å². The van der Waals surface area contributed by atoms with E-state index in [9.17, 15) is 5.11 Å². The second kappa shape index (κ2) is 8.01. The largest absolute Gasteiger partial charge is 0.387 e. The number of hydrogen-bond acceptors (Lipinski definition) is 4. The fourth-order valence-corrected chi connectivity index (χ4v) is 1.97. The van der Waals surface area contributed by atoms with E-state index in [4.69, 9.17) is 10.00 Å². The lowest BCUT2D eigenvalue weighted by Gasteiger charge is -2.12. The summed E-state index contributed by atoms with van der Waals surface area (Å²) in [5, 5.41) is 21.9. The van der Waals surface area contributed by atoms with Crippen LogP contribution in [-0.4, -0.2) is 31.4 Å². The molecule has 0 aromatic heterocycles. The monoisotopic (exact) mass is 274 g/mol. The molecule has 1 aromatic rings. The molecule has 2 N–H and O–H groups in total. The average molecular weight is 274 g/mol. The Kier molecular flexibility index (Phi) is 6.00. The lowest BCUT2D eigenvalue weighted by Crippen LogP contribution is -2.23. The first-order valence-electron chi connectivity index (χ1n) is 7.26. The maximum atomic E-state index is 9.99. The van der Waals surface area contributed by atoms with E-state index in [1.165, 1.54) is 12.8 Å². The Morgan fingerprint density at radius 3 is 2.75 bits per heavy atom. The van der Waals surface area contributed by atoms with Crippen molar-refractivity contribution in [1.82, 2.24) is 5.32 Å². The summed E-state index contributed by atoms with van der Waals surface area (Å²) in [6, 6.07) is 9.11. The molecule has 0 heterocycles. The van der Waals surface area contributed by atoms with Gasteiger partial charge in [0, 0.05) is 19.8 Å². The van der Waals surface area contributed by atoms with Gasteiger partial charge >= 0.3 is 0 Å². The third-order valence-corrected chi connectivity index (χ3v) is 3.45. The SMILES string of the molecule is N#Cc1ccc(C(O)CNCCCOCC2CC2)cc1. The molecule has 0 radical (unpaired) electrons. The molecule has 1 atom stereocenters. The highest BCUT2D eigenvalue weighted by Gasteiger charge is 2.20. The number of benzene rings is 1. The summed E-state index contributed by atoms with van der Waals surface area (Å²) < 4.78 is 5.54. The predicted octanol–water partition coefficient (Wildman–Crippen LogP) is 2.00. The van der Waals surface area contributed by atoms with Crippen molar-refractivity contribution >= 4 is 0 Å². The second-order valence-corrected chi connectivity index (χ2v) is 5.33. The van der Waals surface area contributed by atoms with Crippen LogP contribution in [0.25, 0.3) is 0 Å². The number of rotatable bonds is 9. The molecule has 0 bridgehead atoms. The predicted molar refractivity (Wildman–Crippen MR) is 77.1 cm³/mol. The van der Waals surface area contributed by atoms with Gasteiger partial charge < -0.3 is 15.2 Å². The highest BCUT2D eigenvalue weighted by molar-refractivity contribution is 5.32. The molecule has 0 amide bonds. The van der Waals surface area contributed by atoms with Gasteiger partial charge in [0.2, 0.25) is 0 Å². The zero-order valence-electron chi connectivity index (χ0n) is 11.7. The fraction of sp³-hybridized carbons (Fsp3) is 0.562. The molecule has 4 heteroatoms. The van der Waals surface area contributed by atoms with Crippen molar-refractivity contribution in [3.05, 3.63) is 35.4 Å². The van der Waals surface area contributed by atoms with Crippen LogP contribution in [0.2, 0.25) is 0 Å². The van der Waals surface area contributed by atoms with Gasteiger partial charge in [-0.2, -0.15) is 5.26 Å². The zero-order valence-corrected chi connectivity index (χ0v) is 11.7. The van der Waals surface area contributed by atoms with E-state index in [1.54, 1.807) is 24.3 Å². The summed E-state index contributed by atoms with van der Waals surface area (Å²) in [4.78, 5) is 0. The first-order chi connectivity index (χ1) is 9.79. The highest BCUT2D eigenvalue weighted by atomic mass is 16.5. The van der Waals surface area contributed by atoms with Gasteiger partial charge in [-0.1, -0.05) is 12.1 Å². The minimum Gasteiger partial charge on any atom is -0.387 e. The van der Waals surface area contributed by atoms with Gasteiger partial charge in [-0.25, -0.2) is 0 Å². The lowest BCUT2D eigenvalue weighted by atomic mass is 10.1. The third-order valence-electron chi connectivity index (χ3n) is 3.45. The Morgan fingerprint density at radius 1 is 1.35 bits per heavy atom. The number of hydrogen-bond donors (Lipinski definition) is 2. The van der Waals surface area contributed by atoms with Crippen LogP contribution < -0.4 is 5.32 Å². The zero-order chi connectivity index (χ0) is 14.2. The molecule has 1 unspecified atom stereocenters. The standard InChI is InChI=1S/C16H22N2O2/c17-10-13-4-6-15(7-5-13)16(19)11-18-8-1-9-20-12-14-2-3-14/h4-7,14,16,18-19H,1-3,8-9,11-12H2. The molecule has 0 saturated heterocycles. The van der Waals surface area contributed by atoms with E-state index < -0.39 is 6.10 Å². The van der Waals surface area contributed by atoms with E-state index in [0.29, 0.717) is 12.1 Å². The molecule has 1 aromatic carbocycles. The van der Waals surface area contributed by atoms with Gasteiger partial charge in [0.25, 0.3) is 0 Å². The number of nitriles is 1. The van der Waals surface area contributed by atoms with Crippen LogP contribution in [0.15, 0.2) is 24.3 Å². The number of aliphatic hydroxyl groups excluding tert-OH is 1. The van der Waals surface area contributed by atoms with Crippen molar-refractivity contribution in [2.24, 2.45) is 5.92 Å². The average Bonchev–Trinajstić information content (AvgIpc) is 3.30. The van der Waals surface area contributed by atoms with Crippen molar-refractivity contribution in [3.8, 4) is 6.07 Å². The molecule has 0 aliphatic heterocycles. The molecule has 20 heavy (non-hydrogen) atoms. The minimum absolute atomic E-state index is 0.522. The van der Waals surface area contributed by atoms with Gasteiger partial charge in [0.1, 0.15) is 0 Å². The van der Waals surface area contributed by atoms with Crippen LogP contribution in [0.1, 0.15) is 36.5 Å². The van der Waals surface area contributed by atoms with E-state index in [0.717, 1.165) is 37.7 Å². The third kappa shape index (κ3) is 5.30. The van der Waals surface area contributed by atoms with Crippen LogP contribution in [0.5, 0.6) is 0 Å². The van der Waals surface area contributed by atoms with E-state index in [-0.39, 0.29) is 0 Å². The summed E-state index contributed by atoms with van der Waals surface area (Å²) in [5.74, 6) is 0.821. The van der Waals surface area contributed by atoms with Gasteiger partial charge in [-0.15, -0.1) is 0 Å². The van der Waals surface area contributed by atoms with E-state index >= 15 is 0 Å². The molecule has 1 fully saturated rings. The molecule has 1 aliphatic rings. The molecule has 1 saturated carbocycles. The van der Waals surface area contributed by atoms with Gasteiger partial charge in [0.15, 0.2) is 0 Å².